The molecule has 0 aliphatic carbocycles. The molecule has 2 heterocycles. The molecular formula is C10H15ClN4O. The number of halogens is 1. The minimum atomic E-state index is 0.293. The van der Waals surface area contributed by atoms with Crippen LogP contribution in [0.15, 0.2) is 6.33 Å². The summed E-state index contributed by atoms with van der Waals surface area (Å²) in [5.74, 6) is 1.25. The summed E-state index contributed by atoms with van der Waals surface area (Å²) < 4.78 is 5.30. The minimum Gasteiger partial charge on any atom is -0.393 e. The van der Waals surface area contributed by atoms with Crippen molar-refractivity contribution in [1.29, 1.82) is 0 Å². The third kappa shape index (κ3) is 2.74. The van der Waals surface area contributed by atoms with Crippen molar-refractivity contribution in [2.24, 2.45) is 5.92 Å². The van der Waals surface area contributed by atoms with Crippen molar-refractivity contribution in [3.05, 3.63) is 11.5 Å². The molecule has 0 aromatic carbocycles. The van der Waals surface area contributed by atoms with Crippen LogP contribution < -0.4 is 11.1 Å². The zero-order valence-corrected chi connectivity index (χ0v) is 9.70. The minimum absolute atomic E-state index is 0.293. The van der Waals surface area contributed by atoms with Crippen molar-refractivity contribution in [2.75, 3.05) is 30.8 Å². The number of nitrogen functional groups attached to an aromatic ring is 1. The van der Waals surface area contributed by atoms with E-state index >= 15 is 0 Å². The largest absolute Gasteiger partial charge is 0.393 e. The number of nitrogens with zero attached hydrogens (tertiary/aromatic N) is 2. The number of anilines is 2. The highest BCUT2D eigenvalue weighted by atomic mass is 35.5. The van der Waals surface area contributed by atoms with Gasteiger partial charge in [-0.2, -0.15) is 0 Å². The van der Waals surface area contributed by atoms with Gasteiger partial charge in [0, 0.05) is 19.8 Å². The molecule has 2 rings (SSSR count). The van der Waals surface area contributed by atoms with Gasteiger partial charge in [0.15, 0.2) is 11.0 Å². The number of aromatic nitrogens is 2. The molecule has 1 aliphatic heterocycles. The Morgan fingerprint density at radius 1 is 1.56 bits per heavy atom. The van der Waals surface area contributed by atoms with Crippen molar-refractivity contribution in [3.8, 4) is 0 Å². The predicted octanol–water partition coefficient (Wildman–Crippen LogP) is 1.55. The molecule has 1 atom stereocenters. The summed E-state index contributed by atoms with van der Waals surface area (Å²) >= 11 is 5.78. The van der Waals surface area contributed by atoms with E-state index in [1.807, 2.05) is 0 Å². The van der Waals surface area contributed by atoms with Gasteiger partial charge in [-0.05, 0) is 18.8 Å². The lowest BCUT2D eigenvalue weighted by Gasteiger charge is -2.10. The first-order valence-corrected chi connectivity index (χ1v) is 5.72. The Morgan fingerprint density at radius 3 is 3.19 bits per heavy atom. The van der Waals surface area contributed by atoms with Gasteiger partial charge in [0.05, 0.1) is 0 Å². The maximum Gasteiger partial charge on any atom is 0.157 e. The van der Waals surface area contributed by atoms with Gasteiger partial charge in [-0.1, -0.05) is 11.6 Å². The lowest BCUT2D eigenvalue weighted by Crippen LogP contribution is -2.11. The molecule has 88 valence electrons. The number of hydrogen-bond acceptors (Lipinski definition) is 5. The van der Waals surface area contributed by atoms with Gasteiger partial charge in [0.1, 0.15) is 12.0 Å². The molecule has 5 nitrogen and oxygen atoms in total. The molecule has 1 aromatic rings. The summed E-state index contributed by atoms with van der Waals surface area (Å²) in [5, 5.41) is 3.46. The summed E-state index contributed by atoms with van der Waals surface area (Å²) in [5.41, 5.74) is 6.14. The van der Waals surface area contributed by atoms with Crippen LogP contribution >= 0.6 is 11.6 Å². The molecule has 0 bridgehead atoms. The summed E-state index contributed by atoms with van der Waals surface area (Å²) in [6.45, 7) is 2.57. The second kappa shape index (κ2) is 5.32. The fraction of sp³-hybridized carbons (Fsp3) is 0.600. The van der Waals surface area contributed by atoms with Gasteiger partial charge in [-0.3, -0.25) is 0 Å². The fourth-order valence-corrected chi connectivity index (χ4v) is 1.85. The van der Waals surface area contributed by atoms with E-state index < -0.39 is 0 Å². The van der Waals surface area contributed by atoms with Crippen molar-refractivity contribution < 1.29 is 4.74 Å². The first kappa shape index (κ1) is 11.4. The number of ether oxygens (including phenoxy) is 1. The zero-order valence-electron chi connectivity index (χ0n) is 8.95. The van der Waals surface area contributed by atoms with E-state index in [0.29, 0.717) is 22.6 Å². The van der Waals surface area contributed by atoms with E-state index in [1.165, 1.54) is 6.33 Å². The maximum absolute atomic E-state index is 5.78. The lowest BCUT2D eigenvalue weighted by atomic mass is 10.1. The standard InChI is InChI=1S/C10H15ClN4O/c11-9-8(12)10(15-6-14-9)13-3-1-7-2-4-16-5-7/h6-7H,1-5,12H2,(H,13,14,15). The van der Waals surface area contributed by atoms with Gasteiger partial charge in [-0.25, -0.2) is 9.97 Å². The molecule has 16 heavy (non-hydrogen) atoms. The fourth-order valence-electron chi connectivity index (χ4n) is 1.72. The molecule has 3 N–H and O–H groups in total. The highest BCUT2D eigenvalue weighted by Gasteiger charge is 2.15. The topological polar surface area (TPSA) is 73.1 Å². The van der Waals surface area contributed by atoms with E-state index in [4.69, 9.17) is 22.1 Å². The van der Waals surface area contributed by atoms with Crippen molar-refractivity contribution >= 4 is 23.1 Å². The van der Waals surface area contributed by atoms with Crippen LogP contribution in [0.3, 0.4) is 0 Å². The molecule has 0 saturated carbocycles. The Balaban J connectivity index is 1.82. The molecule has 1 unspecified atom stereocenters. The van der Waals surface area contributed by atoms with E-state index in [-0.39, 0.29) is 0 Å². The molecule has 1 saturated heterocycles. The number of hydrogen-bond donors (Lipinski definition) is 2. The second-order valence-corrected chi connectivity index (χ2v) is 4.23. The summed E-state index contributed by atoms with van der Waals surface area (Å²) in [6.07, 6.45) is 3.60. The first-order chi connectivity index (χ1) is 7.77. The van der Waals surface area contributed by atoms with E-state index in [2.05, 4.69) is 15.3 Å². The Hall–Kier alpha value is -1.07. The monoisotopic (exact) mass is 242 g/mol. The Labute approximate surface area is 99.4 Å². The summed E-state index contributed by atoms with van der Waals surface area (Å²) in [7, 11) is 0. The van der Waals surface area contributed by atoms with Crippen LogP contribution in [-0.4, -0.2) is 29.7 Å². The molecule has 0 amide bonds. The smallest absolute Gasteiger partial charge is 0.157 e. The SMILES string of the molecule is Nc1c(Cl)ncnc1NCCC1CCOC1. The van der Waals surface area contributed by atoms with Crippen LogP contribution in [0.2, 0.25) is 5.15 Å². The van der Waals surface area contributed by atoms with Crippen LogP contribution in [0, 0.1) is 5.92 Å². The Morgan fingerprint density at radius 2 is 2.44 bits per heavy atom. The molecule has 0 radical (unpaired) electrons. The van der Waals surface area contributed by atoms with Crippen molar-refractivity contribution in [1.82, 2.24) is 9.97 Å². The van der Waals surface area contributed by atoms with Crippen molar-refractivity contribution in [3.63, 3.8) is 0 Å². The summed E-state index contributed by atoms with van der Waals surface area (Å²) in [6, 6.07) is 0. The molecule has 1 fully saturated rings. The maximum atomic E-state index is 5.78. The quantitative estimate of drug-likeness (QED) is 0.784. The second-order valence-electron chi connectivity index (χ2n) is 3.87. The first-order valence-electron chi connectivity index (χ1n) is 5.35. The third-order valence-electron chi connectivity index (χ3n) is 2.70. The predicted molar refractivity (Wildman–Crippen MR) is 63.5 cm³/mol. The summed E-state index contributed by atoms with van der Waals surface area (Å²) in [4.78, 5) is 7.83. The third-order valence-corrected chi connectivity index (χ3v) is 3.01. The van der Waals surface area contributed by atoms with E-state index in [0.717, 1.165) is 32.6 Å². The van der Waals surface area contributed by atoms with Crippen LogP contribution in [0.4, 0.5) is 11.5 Å². The zero-order chi connectivity index (χ0) is 11.4. The van der Waals surface area contributed by atoms with Gasteiger partial charge >= 0.3 is 0 Å². The average Bonchev–Trinajstić information content (AvgIpc) is 2.77. The van der Waals surface area contributed by atoms with E-state index in [1.54, 1.807) is 0 Å². The molecular weight excluding hydrogens is 228 g/mol. The van der Waals surface area contributed by atoms with Crippen molar-refractivity contribution in [2.45, 2.75) is 12.8 Å². The van der Waals surface area contributed by atoms with Gasteiger partial charge < -0.3 is 15.8 Å². The van der Waals surface area contributed by atoms with Crippen LogP contribution in [-0.2, 0) is 4.74 Å². The molecule has 1 aliphatic rings. The number of rotatable bonds is 4. The molecule has 0 spiro atoms. The molecule has 1 aromatic heterocycles. The van der Waals surface area contributed by atoms with Crippen LogP contribution in [0.1, 0.15) is 12.8 Å². The lowest BCUT2D eigenvalue weighted by molar-refractivity contribution is 0.185. The Bertz CT molecular complexity index is 355. The highest BCUT2D eigenvalue weighted by Crippen LogP contribution is 2.22. The van der Waals surface area contributed by atoms with Gasteiger partial charge in [0.2, 0.25) is 0 Å². The van der Waals surface area contributed by atoms with Gasteiger partial charge in [-0.15, -0.1) is 0 Å². The average molecular weight is 243 g/mol. The highest BCUT2D eigenvalue weighted by molar-refractivity contribution is 6.32. The van der Waals surface area contributed by atoms with Crippen LogP contribution in [0.5, 0.6) is 0 Å². The molecule has 6 heteroatoms. The van der Waals surface area contributed by atoms with Crippen LogP contribution in [0.25, 0.3) is 0 Å². The van der Waals surface area contributed by atoms with Gasteiger partial charge in [0.25, 0.3) is 0 Å². The Kier molecular flexibility index (Phi) is 3.79. The number of nitrogens with one attached hydrogen (secondary N) is 1. The number of nitrogens with two attached hydrogens (primary N) is 1. The normalized spacial score (nSPS) is 19.9. The van der Waals surface area contributed by atoms with E-state index in [9.17, 15) is 0 Å².